The van der Waals surface area contributed by atoms with E-state index < -0.39 is 0 Å². The second kappa shape index (κ2) is 7.11. The van der Waals surface area contributed by atoms with E-state index in [9.17, 15) is 4.39 Å². The lowest BCUT2D eigenvalue weighted by molar-refractivity contribution is 0.386. The first-order chi connectivity index (χ1) is 10.1. The van der Waals surface area contributed by atoms with Gasteiger partial charge in [-0.1, -0.05) is 29.8 Å². The van der Waals surface area contributed by atoms with E-state index >= 15 is 0 Å². The number of halogens is 1. The van der Waals surface area contributed by atoms with Gasteiger partial charge in [-0.15, -0.1) is 0 Å². The molecular formula is C18H22FNO. The van der Waals surface area contributed by atoms with Crippen LogP contribution >= 0.6 is 0 Å². The Labute approximate surface area is 126 Å². The van der Waals surface area contributed by atoms with Crippen molar-refractivity contribution < 1.29 is 9.13 Å². The standard InChI is InChI=1S/C18H22FNO/c1-13-5-4-6-15(11-13)8-7-14(2)20-16-9-10-18(21-3)17(19)12-16/h4-6,9-12,14,20H,7-8H2,1-3H3. The summed E-state index contributed by atoms with van der Waals surface area (Å²) in [6.07, 6.45) is 2.01. The van der Waals surface area contributed by atoms with Gasteiger partial charge in [-0.2, -0.15) is 0 Å². The molecule has 1 unspecified atom stereocenters. The van der Waals surface area contributed by atoms with Crippen molar-refractivity contribution in [1.82, 2.24) is 0 Å². The predicted octanol–water partition coefficient (Wildman–Crippen LogP) is 4.58. The van der Waals surface area contributed by atoms with Gasteiger partial charge in [0.1, 0.15) is 0 Å². The molecule has 2 aromatic rings. The van der Waals surface area contributed by atoms with Gasteiger partial charge < -0.3 is 10.1 Å². The molecule has 3 heteroatoms. The summed E-state index contributed by atoms with van der Waals surface area (Å²) in [5.41, 5.74) is 3.40. The third-order valence-electron chi connectivity index (χ3n) is 3.51. The van der Waals surface area contributed by atoms with Crippen molar-refractivity contribution >= 4 is 5.69 Å². The second-order valence-corrected chi connectivity index (χ2v) is 5.42. The Hall–Kier alpha value is -2.03. The Morgan fingerprint density at radius 2 is 2.00 bits per heavy atom. The molecule has 1 N–H and O–H groups in total. The van der Waals surface area contributed by atoms with Gasteiger partial charge in [-0.3, -0.25) is 0 Å². The lowest BCUT2D eigenvalue weighted by Crippen LogP contribution is -2.16. The molecule has 2 nitrogen and oxygen atoms in total. The van der Waals surface area contributed by atoms with Gasteiger partial charge in [0.05, 0.1) is 7.11 Å². The highest BCUT2D eigenvalue weighted by Crippen LogP contribution is 2.21. The van der Waals surface area contributed by atoms with Crippen LogP contribution in [-0.2, 0) is 6.42 Å². The molecule has 0 aromatic heterocycles. The van der Waals surface area contributed by atoms with Gasteiger partial charge in [0.2, 0.25) is 0 Å². The van der Waals surface area contributed by atoms with E-state index in [0.717, 1.165) is 18.5 Å². The minimum atomic E-state index is -0.339. The lowest BCUT2D eigenvalue weighted by atomic mass is 10.0. The molecule has 0 aliphatic rings. The summed E-state index contributed by atoms with van der Waals surface area (Å²) in [5.74, 6) is -0.0682. The highest BCUT2D eigenvalue weighted by molar-refractivity contribution is 5.47. The fourth-order valence-electron chi connectivity index (χ4n) is 2.36. The first kappa shape index (κ1) is 15.4. The van der Waals surface area contributed by atoms with E-state index in [1.807, 2.05) is 6.07 Å². The largest absolute Gasteiger partial charge is 0.494 e. The summed E-state index contributed by atoms with van der Waals surface area (Å²) in [7, 11) is 1.47. The molecule has 0 amide bonds. The summed E-state index contributed by atoms with van der Waals surface area (Å²) in [5, 5.41) is 3.32. The molecule has 0 bridgehead atoms. The quantitative estimate of drug-likeness (QED) is 0.840. The first-order valence-electron chi connectivity index (χ1n) is 7.24. The van der Waals surface area contributed by atoms with Gasteiger partial charge in [-0.05, 0) is 44.4 Å². The zero-order valence-electron chi connectivity index (χ0n) is 12.8. The van der Waals surface area contributed by atoms with E-state index in [1.54, 1.807) is 6.07 Å². The van der Waals surface area contributed by atoms with Crippen LogP contribution in [0.3, 0.4) is 0 Å². The third kappa shape index (κ3) is 4.48. The Balaban J connectivity index is 1.89. The molecule has 0 radical (unpaired) electrons. The van der Waals surface area contributed by atoms with E-state index in [-0.39, 0.29) is 17.6 Å². The highest BCUT2D eigenvalue weighted by Gasteiger charge is 2.07. The van der Waals surface area contributed by atoms with Gasteiger partial charge in [0.15, 0.2) is 11.6 Å². The normalized spacial score (nSPS) is 12.0. The van der Waals surface area contributed by atoms with Crippen LogP contribution in [0.5, 0.6) is 5.75 Å². The van der Waals surface area contributed by atoms with Crippen LogP contribution < -0.4 is 10.1 Å². The number of anilines is 1. The van der Waals surface area contributed by atoms with Gasteiger partial charge in [-0.25, -0.2) is 4.39 Å². The molecule has 112 valence electrons. The van der Waals surface area contributed by atoms with Crippen molar-refractivity contribution in [2.45, 2.75) is 32.7 Å². The average Bonchev–Trinajstić information content (AvgIpc) is 2.45. The minimum absolute atomic E-state index is 0.271. The fraction of sp³-hybridized carbons (Fsp3) is 0.333. The topological polar surface area (TPSA) is 21.3 Å². The van der Waals surface area contributed by atoms with Crippen LogP contribution in [-0.4, -0.2) is 13.2 Å². The number of aryl methyl sites for hydroxylation is 2. The molecule has 1 atom stereocenters. The van der Waals surface area contributed by atoms with Crippen molar-refractivity contribution in [2.24, 2.45) is 0 Å². The molecule has 0 aliphatic heterocycles. The zero-order valence-corrected chi connectivity index (χ0v) is 12.8. The van der Waals surface area contributed by atoms with Crippen LogP contribution in [0.25, 0.3) is 0 Å². The first-order valence-corrected chi connectivity index (χ1v) is 7.24. The van der Waals surface area contributed by atoms with Crippen molar-refractivity contribution in [3.8, 4) is 5.75 Å². The van der Waals surface area contributed by atoms with Crippen LogP contribution in [0.15, 0.2) is 42.5 Å². The molecule has 0 spiro atoms. The molecule has 2 aromatic carbocycles. The maximum atomic E-state index is 13.6. The van der Waals surface area contributed by atoms with Crippen LogP contribution in [0.2, 0.25) is 0 Å². The number of benzene rings is 2. The molecular weight excluding hydrogens is 265 g/mol. The zero-order chi connectivity index (χ0) is 15.2. The summed E-state index contributed by atoms with van der Waals surface area (Å²) in [6, 6.07) is 13.8. The van der Waals surface area contributed by atoms with Gasteiger partial charge in [0.25, 0.3) is 0 Å². The molecule has 0 aliphatic carbocycles. The van der Waals surface area contributed by atoms with E-state index in [2.05, 4.69) is 43.4 Å². The summed E-state index contributed by atoms with van der Waals surface area (Å²) < 4.78 is 18.5. The van der Waals surface area contributed by atoms with Crippen molar-refractivity contribution in [1.29, 1.82) is 0 Å². The Bertz CT molecular complexity index is 598. The highest BCUT2D eigenvalue weighted by atomic mass is 19.1. The second-order valence-electron chi connectivity index (χ2n) is 5.42. The van der Waals surface area contributed by atoms with Crippen LogP contribution in [0.1, 0.15) is 24.5 Å². The molecule has 0 heterocycles. The Kier molecular flexibility index (Phi) is 5.20. The number of hydrogen-bond donors (Lipinski definition) is 1. The van der Waals surface area contributed by atoms with Crippen molar-refractivity contribution in [3.63, 3.8) is 0 Å². The van der Waals surface area contributed by atoms with Crippen LogP contribution in [0, 0.1) is 12.7 Å². The molecule has 0 saturated carbocycles. The van der Waals surface area contributed by atoms with E-state index in [0.29, 0.717) is 0 Å². The van der Waals surface area contributed by atoms with Gasteiger partial charge in [0, 0.05) is 17.8 Å². The third-order valence-corrected chi connectivity index (χ3v) is 3.51. The maximum Gasteiger partial charge on any atom is 0.167 e. The predicted molar refractivity (Wildman–Crippen MR) is 85.5 cm³/mol. The van der Waals surface area contributed by atoms with Crippen LogP contribution in [0.4, 0.5) is 10.1 Å². The van der Waals surface area contributed by atoms with Crippen molar-refractivity contribution in [3.05, 3.63) is 59.4 Å². The minimum Gasteiger partial charge on any atom is -0.494 e. The molecule has 0 fully saturated rings. The Morgan fingerprint density at radius 1 is 1.19 bits per heavy atom. The molecule has 21 heavy (non-hydrogen) atoms. The summed E-state index contributed by atoms with van der Waals surface area (Å²) >= 11 is 0. The SMILES string of the molecule is COc1ccc(NC(C)CCc2cccc(C)c2)cc1F. The van der Waals surface area contributed by atoms with E-state index in [1.165, 1.54) is 24.3 Å². The maximum absolute atomic E-state index is 13.6. The molecule has 0 saturated heterocycles. The number of nitrogens with one attached hydrogen (secondary N) is 1. The van der Waals surface area contributed by atoms with Gasteiger partial charge >= 0.3 is 0 Å². The lowest BCUT2D eigenvalue weighted by Gasteiger charge is -2.16. The number of rotatable bonds is 6. The van der Waals surface area contributed by atoms with Crippen molar-refractivity contribution in [2.75, 3.05) is 12.4 Å². The summed E-state index contributed by atoms with van der Waals surface area (Å²) in [4.78, 5) is 0. The smallest absolute Gasteiger partial charge is 0.167 e. The summed E-state index contributed by atoms with van der Waals surface area (Å²) in [6.45, 7) is 4.21. The van der Waals surface area contributed by atoms with E-state index in [4.69, 9.17) is 4.74 Å². The average molecular weight is 287 g/mol. The number of ether oxygens (including phenoxy) is 1. The Morgan fingerprint density at radius 3 is 2.67 bits per heavy atom. The molecule has 2 rings (SSSR count). The number of methoxy groups -OCH3 is 1. The number of hydrogen-bond acceptors (Lipinski definition) is 2. The monoisotopic (exact) mass is 287 g/mol. The fourth-order valence-corrected chi connectivity index (χ4v) is 2.36.